The number of aromatic amines is 1. The van der Waals surface area contributed by atoms with E-state index in [1.54, 1.807) is 6.20 Å². The van der Waals surface area contributed by atoms with E-state index in [2.05, 4.69) is 36.6 Å². The maximum atomic E-state index is 14.5. The third kappa shape index (κ3) is 12.8. The Bertz CT molecular complexity index is 2010. The summed E-state index contributed by atoms with van der Waals surface area (Å²) in [5, 5.41) is 15.6. The van der Waals surface area contributed by atoms with Crippen molar-refractivity contribution in [3.8, 4) is 0 Å². The van der Waals surface area contributed by atoms with E-state index in [-0.39, 0.29) is 62.5 Å². The summed E-state index contributed by atoms with van der Waals surface area (Å²) in [6.45, 7) is 0.689. The van der Waals surface area contributed by atoms with Gasteiger partial charge in [0.1, 0.15) is 30.2 Å². The van der Waals surface area contributed by atoms with Crippen molar-refractivity contribution in [2.45, 2.75) is 127 Å². The minimum Gasteiger partial charge on any atom is -0.370 e. The number of rotatable bonds is 12. The van der Waals surface area contributed by atoms with Gasteiger partial charge in [0, 0.05) is 49.6 Å². The van der Waals surface area contributed by atoms with Crippen LogP contribution in [0.2, 0.25) is 0 Å². The fourth-order valence-electron chi connectivity index (χ4n) is 8.87. The van der Waals surface area contributed by atoms with Crippen molar-refractivity contribution >= 4 is 52.3 Å². The zero-order valence-electron chi connectivity index (χ0n) is 35.0. The molecule has 2 aliphatic heterocycles. The van der Waals surface area contributed by atoms with Gasteiger partial charge in [-0.3, -0.25) is 33.8 Å². The second-order valence-corrected chi connectivity index (χ2v) is 16.7. The number of fused-ring (bicyclic) bond motifs is 2. The average Bonchev–Trinajstić information content (AvgIpc) is 3.92. The van der Waals surface area contributed by atoms with Crippen LogP contribution in [0.5, 0.6) is 0 Å². The summed E-state index contributed by atoms with van der Waals surface area (Å²) >= 11 is 0. The first-order valence-corrected chi connectivity index (χ1v) is 22.0. The molecular formula is C45H62N10O6. The molecule has 2 unspecified atom stereocenters. The number of nitrogens with one attached hydrogen (secondary N) is 6. The van der Waals surface area contributed by atoms with Gasteiger partial charge in [-0.05, 0) is 74.5 Å². The molecule has 328 valence electrons. The molecule has 0 spiro atoms. The van der Waals surface area contributed by atoms with Gasteiger partial charge in [0.2, 0.25) is 35.4 Å². The van der Waals surface area contributed by atoms with Crippen molar-refractivity contribution in [3.05, 3.63) is 71.9 Å². The molecule has 1 aromatic heterocycles. The molecule has 1 saturated carbocycles. The minimum absolute atomic E-state index is 0.0916. The summed E-state index contributed by atoms with van der Waals surface area (Å²) in [5.41, 5.74) is 13.7. The number of aromatic nitrogens is 1. The number of carbonyl (C=O) groups is 6. The smallest absolute Gasteiger partial charge is 0.245 e. The first-order chi connectivity index (χ1) is 29.5. The molecule has 2 saturated heterocycles. The molecule has 16 nitrogen and oxygen atoms in total. The number of guanidine groups is 1. The van der Waals surface area contributed by atoms with E-state index in [0.29, 0.717) is 45.1 Å². The SMILES string of the molecule is NC(N)=NCCC[C@@H]1NC(=O)C(Cc2c[nH]c3ccccc23)NC(=O)[C@@H](CC2CCCCC2)NC(=O)[C@@H]2CCCN2C(=O)C(NC(=O)CCc2ccccc2)CCCNC1=O. The van der Waals surface area contributed by atoms with E-state index in [1.165, 1.54) is 4.90 Å². The van der Waals surface area contributed by atoms with E-state index in [9.17, 15) is 28.8 Å². The lowest BCUT2D eigenvalue weighted by Crippen LogP contribution is -2.59. The van der Waals surface area contributed by atoms with Crippen LogP contribution in [0.4, 0.5) is 0 Å². The Morgan fingerprint density at radius 1 is 0.770 bits per heavy atom. The molecule has 2 aromatic carbocycles. The molecule has 3 aliphatic rings. The van der Waals surface area contributed by atoms with E-state index >= 15 is 0 Å². The summed E-state index contributed by atoms with van der Waals surface area (Å²) in [7, 11) is 0. The molecule has 3 aromatic rings. The van der Waals surface area contributed by atoms with Gasteiger partial charge >= 0.3 is 0 Å². The monoisotopic (exact) mass is 838 g/mol. The largest absolute Gasteiger partial charge is 0.370 e. The van der Waals surface area contributed by atoms with Crippen molar-refractivity contribution in [3.63, 3.8) is 0 Å². The number of aryl methyl sites for hydroxylation is 1. The number of para-hydroxylation sites is 1. The molecule has 0 bridgehead atoms. The maximum absolute atomic E-state index is 14.5. The Hall–Kier alpha value is -5.93. The number of H-pyrrole nitrogens is 1. The molecule has 5 atom stereocenters. The van der Waals surface area contributed by atoms with Crippen molar-refractivity contribution in [1.82, 2.24) is 36.5 Å². The predicted octanol–water partition coefficient (Wildman–Crippen LogP) is 2.21. The Kier molecular flexibility index (Phi) is 16.1. The lowest BCUT2D eigenvalue weighted by Gasteiger charge is -2.32. The summed E-state index contributed by atoms with van der Waals surface area (Å²) in [4.78, 5) is 93.5. The quantitative estimate of drug-likeness (QED) is 0.0762. The van der Waals surface area contributed by atoms with Gasteiger partial charge in [-0.25, -0.2) is 0 Å². The lowest BCUT2D eigenvalue weighted by atomic mass is 9.84. The first-order valence-electron chi connectivity index (χ1n) is 22.0. The van der Waals surface area contributed by atoms with Gasteiger partial charge in [-0.2, -0.15) is 0 Å². The molecule has 16 heteroatoms. The zero-order valence-corrected chi connectivity index (χ0v) is 35.0. The highest BCUT2D eigenvalue weighted by Crippen LogP contribution is 2.28. The second kappa shape index (κ2) is 22.1. The number of hydrogen-bond acceptors (Lipinski definition) is 7. The van der Waals surface area contributed by atoms with Crippen LogP contribution in [0.3, 0.4) is 0 Å². The molecule has 6 amide bonds. The Morgan fingerprint density at radius 2 is 1.49 bits per heavy atom. The number of carbonyl (C=O) groups excluding carboxylic acids is 6. The number of nitrogens with two attached hydrogens (primary N) is 2. The third-order valence-corrected chi connectivity index (χ3v) is 12.2. The molecule has 6 rings (SSSR count). The number of aliphatic imine (C=N–C) groups is 1. The molecule has 10 N–H and O–H groups in total. The van der Waals surface area contributed by atoms with E-state index < -0.39 is 53.8 Å². The van der Waals surface area contributed by atoms with Gasteiger partial charge in [0.25, 0.3) is 0 Å². The molecule has 61 heavy (non-hydrogen) atoms. The fraction of sp³-hybridized carbons (Fsp3) is 0.533. The molecule has 3 heterocycles. The van der Waals surface area contributed by atoms with Crippen molar-refractivity contribution in [2.24, 2.45) is 22.4 Å². The Labute approximate surface area is 357 Å². The van der Waals surface area contributed by atoms with Crippen LogP contribution >= 0.6 is 0 Å². The molecule has 0 radical (unpaired) electrons. The molecular weight excluding hydrogens is 777 g/mol. The van der Waals surface area contributed by atoms with Gasteiger partial charge in [-0.15, -0.1) is 0 Å². The first kappa shape index (κ1) is 44.6. The van der Waals surface area contributed by atoms with Crippen LogP contribution in [0, 0.1) is 5.92 Å². The van der Waals surface area contributed by atoms with E-state index in [4.69, 9.17) is 11.5 Å². The van der Waals surface area contributed by atoms with Crippen LogP contribution < -0.4 is 38.1 Å². The minimum atomic E-state index is -1.11. The van der Waals surface area contributed by atoms with Gasteiger partial charge < -0.3 is 47.9 Å². The normalized spacial score (nSPS) is 23.8. The highest BCUT2D eigenvalue weighted by Gasteiger charge is 2.40. The number of benzene rings is 2. The van der Waals surface area contributed by atoms with Crippen LogP contribution in [0.25, 0.3) is 10.9 Å². The summed E-state index contributed by atoms with van der Waals surface area (Å²) in [6, 6.07) is 12.3. The van der Waals surface area contributed by atoms with E-state index in [0.717, 1.165) is 54.1 Å². The standard InChI is InChI=1S/C45H62N10O6/c46-45(47)49-24-9-18-34-40(57)48-23-10-19-35(51-39(56)22-21-29-12-3-1-4-13-29)44(61)55-25-11-20-38(55)43(60)54-36(26-30-14-5-2-6-15-30)41(58)53-37(42(59)52-34)27-31-28-50-33-17-8-7-16-32(31)33/h1,3-4,7-8,12-13,16-17,28,30,34-38,50H,2,5-6,9-11,14-15,18-27H2,(H,48,57)(H,51,56)(H,52,59)(H,53,58)(H,54,60)(H4,46,47,49)/t34-,35?,36+,37?,38-/m0/s1. The van der Waals surface area contributed by atoms with Crippen molar-refractivity contribution < 1.29 is 28.8 Å². The van der Waals surface area contributed by atoms with Gasteiger partial charge in [-0.1, -0.05) is 80.6 Å². The van der Waals surface area contributed by atoms with Crippen LogP contribution in [-0.2, 0) is 41.6 Å². The lowest BCUT2D eigenvalue weighted by molar-refractivity contribution is -0.142. The summed E-state index contributed by atoms with van der Waals surface area (Å²) in [6.07, 6.45) is 9.96. The number of amides is 6. The molecule has 1 aliphatic carbocycles. The third-order valence-electron chi connectivity index (χ3n) is 12.2. The highest BCUT2D eigenvalue weighted by atomic mass is 16.2. The van der Waals surface area contributed by atoms with Crippen LogP contribution in [-0.4, -0.2) is 101 Å². The Morgan fingerprint density at radius 3 is 2.28 bits per heavy atom. The zero-order chi connectivity index (χ0) is 43.1. The number of hydrogen-bond donors (Lipinski definition) is 8. The topological polar surface area (TPSA) is 246 Å². The predicted molar refractivity (Wildman–Crippen MR) is 233 cm³/mol. The summed E-state index contributed by atoms with van der Waals surface area (Å²) < 4.78 is 0. The second-order valence-electron chi connectivity index (χ2n) is 16.7. The van der Waals surface area contributed by atoms with Gasteiger partial charge in [0.15, 0.2) is 5.96 Å². The number of nitrogens with zero attached hydrogens (tertiary/aromatic N) is 2. The maximum Gasteiger partial charge on any atom is 0.245 e. The average molecular weight is 839 g/mol. The van der Waals surface area contributed by atoms with E-state index in [1.807, 2.05) is 54.6 Å². The van der Waals surface area contributed by atoms with Crippen LogP contribution in [0.15, 0.2) is 65.8 Å². The summed E-state index contributed by atoms with van der Waals surface area (Å²) in [5.74, 6) is -2.57. The van der Waals surface area contributed by atoms with Gasteiger partial charge in [0.05, 0.1) is 0 Å². The highest BCUT2D eigenvalue weighted by molar-refractivity contribution is 5.97. The molecule has 3 fully saturated rings. The van der Waals surface area contributed by atoms with Crippen LogP contribution in [0.1, 0.15) is 94.6 Å². The van der Waals surface area contributed by atoms with Crippen molar-refractivity contribution in [1.29, 1.82) is 0 Å². The van der Waals surface area contributed by atoms with Crippen molar-refractivity contribution in [2.75, 3.05) is 19.6 Å². The fourth-order valence-corrected chi connectivity index (χ4v) is 8.87. The Balaban J connectivity index is 1.29.